The number of H-pyrrole nitrogens is 1. The number of nitrogen functional groups attached to an aromatic ring is 1. The number of hydrogen-bond donors (Lipinski definition) is 3. The summed E-state index contributed by atoms with van der Waals surface area (Å²) >= 11 is 0. The van der Waals surface area contributed by atoms with Gasteiger partial charge in [0.1, 0.15) is 0 Å². The van der Waals surface area contributed by atoms with Gasteiger partial charge in [-0.05, 0) is 19.3 Å². The molecule has 1 aromatic rings. The van der Waals surface area contributed by atoms with Gasteiger partial charge in [0.15, 0.2) is 5.69 Å². The molecule has 1 unspecified atom stereocenters. The molecule has 0 aromatic carbocycles. The van der Waals surface area contributed by atoms with Crippen LogP contribution in [0.5, 0.6) is 0 Å². The van der Waals surface area contributed by atoms with Crippen LogP contribution in [0.2, 0.25) is 0 Å². The van der Waals surface area contributed by atoms with Crippen molar-refractivity contribution in [3.63, 3.8) is 0 Å². The van der Waals surface area contributed by atoms with E-state index >= 15 is 0 Å². The molecule has 1 heterocycles. The predicted octanol–water partition coefficient (Wildman–Crippen LogP) is 2.50. The number of aromatic nitrogens is 2. The lowest BCUT2D eigenvalue weighted by atomic mass is 9.95. The second kappa shape index (κ2) is 7.16. The lowest BCUT2D eigenvalue weighted by Gasteiger charge is -2.22. The van der Waals surface area contributed by atoms with Crippen LogP contribution >= 0.6 is 0 Å². The number of nitrogens with zero attached hydrogens (tertiary/aromatic N) is 1. The van der Waals surface area contributed by atoms with Gasteiger partial charge in [-0.15, -0.1) is 0 Å². The van der Waals surface area contributed by atoms with Gasteiger partial charge < -0.3 is 11.1 Å². The molecule has 0 radical (unpaired) electrons. The second-order valence-corrected chi connectivity index (χ2v) is 5.05. The zero-order valence-corrected chi connectivity index (χ0v) is 12.4. The summed E-state index contributed by atoms with van der Waals surface area (Å²) in [6.45, 7) is 8.37. The van der Waals surface area contributed by atoms with E-state index in [1.54, 1.807) is 0 Å². The normalized spacial score (nSPS) is 12.7. The van der Waals surface area contributed by atoms with Crippen molar-refractivity contribution in [2.75, 3.05) is 5.73 Å². The van der Waals surface area contributed by atoms with E-state index in [1.165, 1.54) is 0 Å². The van der Waals surface area contributed by atoms with Gasteiger partial charge in [0.2, 0.25) is 0 Å². The lowest BCUT2D eigenvalue weighted by molar-refractivity contribution is 0.0921. The average molecular weight is 266 g/mol. The fourth-order valence-corrected chi connectivity index (χ4v) is 2.39. The van der Waals surface area contributed by atoms with E-state index < -0.39 is 0 Å². The number of carbonyl (C=O) groups excluding carboxylic acids is 1. The molecule has 5 heteroatoms. The number of nitrogens with two attached hydrogens (primary N) is 1. The molecule has 0 saturated heterocycles. The first-order valence-corrected chi connectivity index (χ1v) is 7.18. The summed E-state index contributed by atoms with van der Waals surface area (Å²) in [7, 11) is 0. The first kappa shape index (κ1) is 15.5. The fraction of sp³-hybridized carbons (Fsp3) is 0.714. The molecule has 0 aliphatic heterocycles. The topological polar surface area (TPSA) is 83.8 Å². The van der Waals surface area contributed by atoms with Crippen LogP contribution in [0, 0.1) is 5.92 Å². The van der Waals surface area contributed by atoms with Crippen LogP contribution in [0.3, 0.4) is 0 Å². The van der Waals surface area contributed by atoms with Gasteiger partial charge in [0, 0.05) is 6.04 Å². The van der Waals surface area contributed by atoms with Gasteiger partial charge in [-0.3, -0.25) is 9.89 Å². The maximum Gasteiger partial charge on any atom is 0.274 e. The molecular weight excluding hydrogens is 240 g/mol. The quantitative estimate of drug-likeness (QED) is 0.709. The van der Waals surface area contributed by atoms with Crippen molar-refractivity contribution in [3.05, 3.63) is 11.4 Å². The number of amides is 1. The molecule has 19 heavy (non-hydrogen) atoms. The third-order valence-corrected chi connectivity index (χ3v) is 3.71. The van der Waals surface area contributed by atoms with E-state index in [-0.39, 0.29) is 11.9 Å². The Balaban J connectivity index is 2.73. The van der Waals surface area contributed by atoms with Crippen molar-refractivity contribution in [2.45, 2.75) is 59.4 Å². The highest BCUT2D eigenvalue weighted by Gasteiger charge is 2.21. The molecule has 0 aliphatic rings. The molecule has 5 nitrogen and oxygen atoms in total. The van der Waals surface area contributed by atoms with Crippen molar-refractivity contribution in [2.24, 2.45) is 5.92 Å². The van der Waals surface area contributed by atoms with Gasteiger partial charge >= 0.3 is 0 Å². The number of rotatable bonds is 7. The highest BCUT2D eigenvalue weighted by Crippen LogP contribution is 2.17. The monoisotopic (exact) mass is 266 g/mol. The molecule has 1 aromatic heterocycles. The molecule has 0 bridgehead atoms. The fourth-order valence-electron chi connectivity index (χ4n) is 2.39. The van der Waals surface area contributed by atoms with Crippen LogP contribution < -0.4 is 11.1 Å². The molecule has 4 N–H and O–H groups in total. The first-order valence-electron chi connectivity index (χ1n) is 7.18. The van der Waals surface area contributed by atoms with Crippen molar-refractivity contribution >= 4 is 11.6 Å². The summed E-state index contributed by atoms with van der Waals surface area (Å²) in [5.41, 5.74) is 7.61. The molecular formula is C14H26N4O. The number of aryl methyl sites for hydroxylation is 1. The second-order valence-electron chi connectivity index (χ2n) is 5.05. The SMILES string of the molecule is CCCc1[nH]nc(C(=O)NC(C)C(CC)CC)c1N. The van der Waals surface area contributed by atoms with Gasteiger partial charge in [0.25, 0.3) is 5.91 Å². The Kier molecular flexibility index (Phi) is 5.86. The van der Waals surface area contributed by atoms with E-state index in [2.05, 4.69) is 36.3 Å². The Morgan fingerprint density at radius 3 is 2.53 bits per heavy atom. The van der Waals surface area contributed by atoms with Gasteiger partial charge in [0.05, 0.1) is 11.4 Å². The third kappa shape index (κ3) is 3.72. The first-order chi connectivity index (χ1) is 9.04. The van der Waals surface area contributed by atoms with Crippen molar-refractivity contribution < 1.29 is 4.79 Å². The molecule has 0 saturated carbocycles. The minimum Gasteiger partial charge on any atom is -0.395 e. The Hall–Kier alpha value is -1.52. The molecule has 0 spiro atoms. The van der Waals surface area contributed by atoms with E-state index in [0.29, 0.717) is 17.3 Å². The van der Waals surface area contributed by atoms with Gasteiger partial charge in [-0.2, -0.15) is 5.10 Å². The minimum absolute atomic E-state index is 0.133. The predicted molar refractivity (Wildman–Crippen MR) is 78.0 cm³/mol. The van der Waals surface area contributed by atoms with E-state index in [9.17, 15) is 4.79 Å². The van der Waals surface area contributed by atoms with Crippen LogP contribution in [-0.2, 0) is 6.42 Å². The zero-order chi connectivity index (χ0) is 14.4. The van der Waals surface area contributed by atoms with E-state index in [0.717, 1.165) is 31.4 Å². The summed E-state index contributed by atoms with van der Waals surface area (Å²) < 4.78 is 0. The van der Waals surface area contributed by atoms with Crippen LogP contribution in [0.4, 0.5) is 5.69 Å². The summed E-state index contributed by atoms with van der Waals surface area (Å²) in [6.07, 6.45) is 3.88. The average Bonchev–Trinajstić information content (AvgIpc) is 2.73. The summed E-state index contributed by atoms with van der Waals surface area (Å²) in [4.78, 5) is 12.2. The van der Waals surface area contributed by atoms with Gasteiger partial charge in [-0.1, -0.05) is 40.0 Å². The van der Waals surface area contributed by atoms with E-state index in [4.69, 9.17) is 5.73 Å². The Morgan fingerprint density at radius 1 is 1.37 bits per heavy atom. The molecule has 1 amide bonds. The maximum absolute atomic E-state index is 12.2. The van der Waals surface area contributed by atoms with Crippen molar-refractivity contribution in [3.8, 4) is 0 Å². The van der Waals surface area contributed by atoms with Crippen LogP contribution in [0.25, 0.3) is 0 Å². The lowest BCUT2D eigenvalue weighted by Crippen LogP contribution is -2.38. The van der Waals surface area contributed by atoms with Crippen molar-refractivity contribution in [1.82, 2.24) is 15.5 Å². The highest BCUT2D eigenvalue weighted by molar-refractivity contribution is 5.97. The van der Waals surface area contributed by atoms with Gasteiger partial charge in [-0.25, -0.2) is 0 Å². The third-order valence-electron chi connectivity index (χ3n) is 3.71. The van der Waals surface area contributed by atoms with E-state index in [1.807, 2.05) is 6.92 Å². The molecule has 108 valence electrons. The number of carbonyl (C=O) groups is 1. The van der Waals surface area contributed by atoms with Crippen LogP contribution in [-0.4, -0.2) is 22.1 Å². The van der Waals surface area contributed by atoms with Crippen LogP contribution in [0.1, 0.15) is 63.1 Å². The number of aromatic amines is 1. The molecule has 0 fully saturated rings. The molecule has 1 rings (SSSR count). The summed E-state index contributed by atoms with van der Waals surface area (Å²) in [6, 6.07) is 0.133. The zero-order valence-electron chi connectivity index (χ0n) is 12.4. The highest BCUT2D eigenvalue weighted by atomic mass is 16.2. The smallest absolute Gasteiger partial charge is 0.274 e. The minimum atomic E-state index is -0.185. The number of anilines is 1. The van der Waals surface area contributed by atoms with Crippen molar-refractivity contribution in [1.29, 1.82) is 0 Å². The standard InChI is InChI=1S/C14H26N4O/c1-5-8-11-12(15)13(18-17-11)14(19)16-9(4)10(6-2)7-3/h9-10H,5-8,15H2,1-4H3,(H,16,19)(H,17,18). The maximum atomic E-state index is 12.2. The van der Waals surface area contributed by atoms with Crippen LogP contribution in [0.15, 0.2) is 0 Å². The summed E-state index contributed by atoms with van der Waals surface area (Å²) in [5, 5.41) is 9.88. The summed E-state index contributed by atoms with van der Waals surface area (Å²) in [5.74, 6) is 0.301. The molecule has 1 atom stereocenters. The Labute approximate surface area is 115 Å². The Morgan fingerprint density at radius 2 is 2.00 bits per heavy atom. The number of nitrogens with one attached hydrogen (secondary N) is 2. The number of hydrogen-bond acceptors (Lipinski definition) is 3. The Bertz CT molecular complexity index is 410. The molecule has 0 aliphatic carbocycles. The largest absolute Gasteiger partial charge is 0.395 e.